The van der Waals surface area contributed by atoms with Gasteiger partial charge in [-0.25, -0.2) is 0 Å². The molecule has 1 fully saturated rings. The van der Waals surface area contributed by atoms with Crippen molar-refractivity contribution < 1.29 is 10.7 Å². The lowest BCUT2D eigenvalue weighted by atomic mass is 10.1. The Morgan fingerprint density at radius 3 is 2.81 bits per heavy atom. The Morgan fingerprint density at radius 2 is 2.15 bits per heavy atom. The molecule has 2 aliphatic rings. The fourth-order valence-corrected chi connectivity index (χ4v) is 5.62. The standard InChI is InChI=1S/C21H19N3O2S.H2/c1-13-16-12-21(16,18-9-10-22-26-18)27-19(13)14-5-7-15(8-6-14)23-20(25)17-4-3-11-24(17)2;/h3-11,16H,12H2,1-2H3,(H,23,25);1H. The lowest BCUT2D eigenvalue weighted by molar-refractivity contribution is 0.101. The van der Waals surface area contributed by atoms with Crippen LogP contribution < -0.4 is 5.32 Å². The van der Waals surface area contributed by atoms with Crippen LogP contribution in [0.2, 0.25) is 0 Å². The first-order chi connectivity index (χ1) is 13.1. The molecule has 5 nitrogen and oxygen atoms in total. The first-order valence-electron chi connectivity index (χ1n) is 8.92. The highest BCUT2D eigenvalue weighted by Crippen LogP contribution is 2.73. The van der Waals surface area contributed by atoms with Crippen molar-refractivity contribution in [3.8, 4) is 0 Å². The molecular formula is C21H21N3O2S. The van der Waals surface area contributed by atoms with E-state index in [2.05, 4.69) is 29.5 Å². The van der Waals surface area contributed by atoms with Crippen molar-refractivity contribution in [3.63, 3.8) is 0 Å². The van der Waals surface area contributed by atoms with Gasteiger partial charge in [0.2, 0.25) is 0 Å². The van der Waals surface area contributed by atoms with E-state index in [1.807, 2.05) is 59.9 Å². The lowest BCUT2D eigenvalue weighted by Crippen LogP contribution is -2.15. The Balaban J connectivity index is 0.00000192. The third-order valence-corrected chi connectivity index (χ3v) is 7.29. The number of carbonyl (C=O) groups is 1. The highest BCUT2D eigenvalue weighted by atomic mass is 32.2. The maximum absolute atomic E-state index is 12.3. The summed E-state index contributed by atoms with van der Waals surface area (Å²) >= 11 is 1.88. The number of amides is 1. The van der Waals surface area contributed by atoms with Crippen LogP contribution in [0.25, 0.3) is 4.91 Å². The quantitative estimate of drug-likeness (QED) is 0.700. The van der Waals surface area contributed by atoms with Gasteiger partial charge in [-0.05, 0) is 43.2 Å². The molecule has 1 aliphatic carbocycles. The Hall–Kier alpha value is -2.73. The second kappa shape index (κ2) is 5.89. The number of carbonyl (C=O) groups excluding carboxylic acids is 1. The first-order valence-corrected chi connectivity index (χ1v) is 9.74. The lowest BCUT2D eigenvalue weighted by Gasteiger charge is -2.12. The SMILES string of the molecule is CC1=C(c2ccc(NC(=O)c3cccn3C)cc2)SC2(c3ccno3)CC12.[HH]. The third-order valence-electron chi connectivity index (χ3n) is 5.51. The predicted octanol–water partition coefficient (Wildman–Crippen LogP) is 4.90. The van der Waals surface area contributed by atoms with Crippen molar-refractivity contribution in [2.24, 2.45) is 13.0 Å². The molecule has 2 atom stereocenters. The van der Waals surface area contributed by atoms with E-state index >= 15 is 0 Å². The summed E-state index contributed by atoms with van der Waals surface area (Å²) in [6.07, 6.45) is 4.70. The molecule has 3 aromatic rings. The van der Waals surface area contributed by atoms with E-state index in [-0.39, 0.29) is 12.1 Å². The van der Waals surface area contributed by atoms with E-state index in [4.69, 9.17) is 4.52 Å². The average Bonchev–Trinajstić information content (AvgIpc) is 3.06. The summed E-state index contributed by atoms with van der Waals surface area (Å²) < 4.78 is 7.30. The number of hydrogen-bond acceptors (Lipinski definition) is 4. The van der Waals surface area contributed by atoms with Gasteiger partial charge in [0.05, 0.1) is 10.9 Å². The monoisotopic (exact) mass is 379 g/mol. The Kier molecular flexibility index (Phi) is 3.59. The molecular weight excluding hydrogens is 358 g/mol. The number of rotatable bonds is 4. The largest absolute Gasteiger partial charge is 0.360 e. The minimum Gasteiger partial charge on any atom is -0.360 e. The normalized spacial score (nSPS) is 23.4. The van der Waals surface area contributed by atoms with Crippen molar-refractivity contribution in [2.75, 3.05) is 5.32 Å². The number of benzene rings is 1. The molecule has 1 saturated carbocycles. The van der Waals surface area contributed by atoms with Gasteiger partial charge in [0.1, 0.15) is 5.69 Å². The number of nitrogens with zero attached hydrogens (tertiary/aromatic N) is 2. The Morgan fingerprint density at radius 1 is 1.33 bits per heavy atom. The molecule has 27 heavy (non-hydrogen) atoms. The fourth-order valence-electron chi connectivity index (χ4n) is 3.92. The molecule has 2 unspecified atom stereocenters. The van der Waals surface area contributed by atoms with Crippen LogP contribution in [-0.2, 0) is 11.8 Å². The zero-order valence-electron chi connectivity index (χ0n) is 15.1. The maximum Gasteiger partial charge on any atom is 0.272 e. The van der Waals surface area contributed by atoms with Crippen molar-refractivity contribution >= 4 is 28.3 Å². The molecule has 1 amide bonds. The number of nitrogens with one attached hydrogen (secondary N) is 1. The summed E-state index contributed by atoms with van der Waals surface area (Å²) in [6, 6.07) is 13.7. The van der Waals surface area contributed by atoms with Gasteiger partial charge in [0, 0.05) is 37.2 Å². The second-order valence-corrected chi connectivity index (χ2v) is 8.51. The summed E-state index contributed by atoms with van der Waals surface area (Å²) in [5.41, 5.74) is 4.02. The summed E-state index contributed by atoms with van der Waals surface area (Å²) in [6.45, 7) is 2.21. The summed E-state index contributed by atoms with van der Waals surface area (Å²) in [5.74, 6) is 1.40. The van der Waals surface area contributed by atoms with Gasteiger partial charge >= 0.3 is 0 Å². The molecule has 2 aromatic heterocycles. The summed E-state index contributed by atoms with van der Waals surface area (Å²) in [4.78, 5) is 13.7. The van der Waals surface area contributed by atoms with Crippen molar-refractivity contribution in [3.05, 3.63) is 77.4 Å². The van der Waals surface area contributed by atoms with Crippen molar-refractivity contribution in [1.29, 1.82) is 0 Å². The van der Waals surface area contributed by atoms with Crippen LogP contribution in [0.5, 0.6) is 0 Å². The fraction of sp³-hybridized carbons (Fsp3) is 0.238. The molecule has 0 bridgehead atoms. The molecule has 6 heteroatoms. The molecule has 1 aliphatic heterocycles. The van der Waals surface area contributed by atoms with Crippen LogP contribution in [0.15, 0.2) is 65.0 Å². The van der Waals surface area contributed by atoms with Gasteiger partial charge in [-0.1, -0.05) is 22.9 Å². The minimum absolute atomic E-state index is 0. The van der Waals surface area contributed by atoms with E-state index in [0.717, 1.165) is 17.9 Å². The van der Waals surface area contributed by atoms with Crippen LogP contribution in [0.3, 0.4) is 0 Å². The molecule has 5 rings (SSSR count). The molecule has 0 spiro atoms. The summed E-state index contributed by atoms with van der Waals surface area (Å²) in [5, 5.41) is 6.83. The molecule has 138 valence electrons. The number of anilines is 1. The minimum atomic E-state index is -0.105. The van der Waals surface area contributed by atoms with Gasteiger partial charge in [-0.3, -0.25) is 4.79 Å². The number of fused-ring (bicyclic) bond motifs is 1. The first kappa shape index (κ1) is 16.4. The van der Waals surface area contributed by atoms with Gasteiger partial charge in [0.25, 0.3) is 5.91 Å². The van der Waals surface area contributed by atoms with Crippen LogP contribution in [-0.4, -0.2) is 15.6 Å². The highest BCUT2D eigenvalue weighted by Gasteiger charge is 2.64. The second-order valence-electron chi connectivity index (χ2n) is 7.17. The molecule has 3 heterocycles. The van der Waals surface area contributed by atoms with Crippen LogP contribution in [0.4, 0.5) is 5.69 Å². The zero-order chi connectivity index (χ0) is 18.6. The van der Waals surface area contributed by atoms with Crippen LogP contribution in [0, 0.1) is 5.92 Å². The number of aryl methyl sites for hydroxylation is 1. The van der Waals surface area contributed by atoms with Gasteiger partial charge in [-0.15, -0.1) is 11.8 Å². The van der Waals surface area contributed by atoms with Gasteiger partial charge < -0.3 is 14.4 Å². The molecule has 0 saturated heterocycles. The van der Waals surface area contributed by atoms with Crippen LogP contribution >= 0.6 is 11.8 Å². The predicted molar refractivity (Wildman–Crippen MR) is 108 cm³/mol. The summed E-state index contributed by atoms with van der Waals surface area (Å²) in [7, 11) is 1.86. The molecule has 0 radical (unpaired) electrons. The molecule has 1 N–H and O–H groups in total. The van der Waals surface area contributed by atoms with Gasteiger partial charge in [0.15, 0.2) is 5.76 Å². The van der Waals surface area contributed by atoms with E-state index < -0.39 is 0 Å². The van der Waals surface area contributed by atoms with Crippen molar-refractivity contribution in [2.45, 2.75) is 18.1 Å². The van der Waals surface area contributed by atoms with E-state index in [9.17, 15) is 4.79 Å². The van der Waals surface area contributed by atoms with E-state index in [0.29, 0.717) is 11.6 Å². The van der Waals surface area contributed by atoms with Gasteiger partial charge in [-0.2, -0.15) is 0 Å². The Bertz CT molecular complexity index is 1060. The number of aromatic nitrogens is 2. The van der Waals surface area contributed by atoms with E-state index in [1.165, 1.54) is 16.0 Å². The highest BCUT2D eigenvalue weighted by molar-refractivity contribution is 8.09. The van der Waals surface area contributed by atoms with E-state index in [1.54, 1.807) is 6.20 Å². The number of allylic oxidation sites excluding steroid dienone is 1. The smallest absolute Gasteiger partial charge is 0.272 e. The number of hydrogen-bond donors (Lipinski definition) is 1. The number of thioether (sulfide) groups is 1. The van der Waals surface area contributed by atoms with Crippen LogP contribution in [0.1, 0.15) is 36.6 Å². The molecule has 1 aromatic carbocycles. The van der Waals surface area contributed by atoms with Crippen molar-refractivity contribution in [1.82, 2.24) is 9.72 Å². The average molecular weight is 379 g/mol. The zero-order valence-corrected chi connectivity index (χ0v) is 15.9. The topological polar surface area (TPSA) is 60.1 Å². The third kappa shape index (κ3) is 2.55. The Labute approximate surface area is 162 Å². The maximum atomic E-state index is 12.3.